The average Bonchev–Trinajstić information content (AvgIpc) is 2.66. The molecule has 1 heterocycles. The van der Waals surface area contributed by atoms with E-state index in [0.717, 1.165) is 37.9 Å². The quantitative estimate of drug-likeness (QED) is 0.741. The molecule has 100 valence electrons. The topological polar surface area (TPSA) is 66.6 Å². The van der Waals surface area contributed by atoms with Crippen LogP contribution in [0.2, 0.25) is 0 Å². The molecule has 1 rings (SSSR count). The van der Waals surface area contributed by atoms with Crippen molar-refractivity contribution < 1.29 is 9.90 Å². The second-order valence-electron chi connectivity index (χ2n) is 5.92. The summed E-state index contributed by atoms with van der Waals surface area (Å²) in [5.41, 5.74) is 4.63. The van der Waals surface area contributed by atoms with Crippen molar-refractivity contribution in [3.05, 3.63) is 0 Å². The average molecular weight is 242 g/mol. The first kappa shape index (κ1) is 14.5. The number of carboxylic acid groups (broad SMARTS) is 1. The molecule has 1 saturated heterocycles. The Labute approximate surface area is 104 Å². The Balaban J connectivity index is 2.23. The van der Waals surface area contributed by atoms with Crippen LogP contribution in [0.4, 0.5) is 0 Å². The number of carbonyl (C=O) groups is 1. The Morgan fingerprint density at radius 2 is 2.24 bits per heavy atom. The van der Waals surface area contributed by atoms with Gasteiger partial charge in [0.05, 0.1) is 0 Å². The third-order valence-electron chi connectivity index (χ3n) is 3.91. The summed E-state index contributed by atoms with van der Waals surface area (Å²) in [6.45, 7) is 9.42. The van der Waals surface area contributed by atoms with Crippen LogP contribution in [0.25, 0.3) is 0 Å². The van der Waals surface area contributed by atoms with E-state index in [0.29, 0.717) is 6.42 Å². The van der Waals surface area contributed by atoms with E-state index < -0.39 is 11.5 Å². The molecule has 2 atom stereocenters. The lowest BCUT2D eigenvalue weighted by Crippen LogP contribution is -2.45. The first-order valence-corrected chi connectivity index (χ1v) is 6.57. The fourth-order valence-electron chi connectivity index (χ4n) is 2.39. The summed E-state index contributed by atoms with van der Waals surface area (Å²) >= 11 is 0. The summed E-state index contributed by atoms with van der Waals surface area (Å²) in [5, 5.41) is 8.91. The molecule has 17 heavy (non-hydrogen) atoms. The van der Waals surface area contributed by atoms with Gasteiger partial charge in [-0.05, 0) is 51.1 Å². The van der Waals surface area contributed by atoms with Gasteiger partial charge >= 0.3 is 5.97 Å². The molecule has 0 aliphatic carbocycles. The van der Waals surface area contributed by atoms with Crippen LogP contribution >= 0.6 is 0 Å². The van der Waals surface area contributed by atoms with Crippen molar-refractivity contribution in [1.29, 1.82) is 0 Å². The first-order valence-electron chi connectivity index (χ1n) is 6.57. The molecule has 0 aromatic rings. The van der Waals surface area contributed by atoms with Gasteiger partial charge in [-0.3, -0.25) is 4.79 Å². The molecule has 2 unspecified atom stereocenters. The van der Waals surface area contributed by atoms with E-state index in [1.165, 1.54) is 6.42 Å². The molecule has 0 saturated carbocycles. The van der Waals surface area contributed by atoms with E-state index in [1.807, 2.05) is 0 Å². The van der Waals surface area contributed by atoms with Gasteiger partial charge < -0.3 is 15.7 Å². The number of hydrogen-bond donors (Lipinski definition) is 2. The van der Waals surface area contributed by atoms with Gasteiger partial charge in [-0.2, -0.15) is 0 Å². The molecule has 0 spiro atoms. The van der Waals surface area contributed by atoms with Crippen LogP contribution < -0.4 is 5.73 Å². The minimum Gasteiger partial charge on any atom is -0.480 e. The van der Waals surface area contributed by atoms with Crippen LogP contribution in [0.15, 0.2) is 0 Å². The Hall–Kier alpha value is -0.610. The minimum absolute atomic E-state index is 0.547. The zero-order chi connectivity index (χ0) is 13.1. The molecule has 1 fully saturated rings. The van der Waals surface area contributed by atoms with Crippen molar-refractivity contribution in [2.45, 2.75) is 45.6 Å². The van der Waals surface area contributed by atoms with Gasteiger partial charge in [0.15, 0.2) is 0 Å². The Morgan fingerprint density at radius 3 is 2.71 bits per heavy atom. The van der Waals surface area contributed by atoms with E-state index in [-0.39, 0.29) is 0 Å². The van der Waals surface area contributed by atoms with Crippen LogP contribution in [-0.2, 0) is 4.79 Å². The molecule has 3 N–H and O–H groups in total. The van der Waals surface area contributed by atoms with Crippen molar-refractivity contribution in [1.82, 2.24) is 4.90 Å². The molecule has 0 amide bonds. The predicted octanol–water partition coefficient (Wildman–Crippen LogP) is 1.55. The van der Waals surface area contributed by atoms with Crippen molar-refractivity contribution in [2.24, 2.45) is 17.6 Å². The molecule has 0 aromatic heterocycles. The molecular formula is C13H26N2O2. The summed E-state index contributed by atoms with van der Waals surface area (Å²) in [5.74, 6) is 0.650. The maximum absolute atomic E-state index is 10.9. The third-order valence-corrected chi connectivity index (χ3v) is 3.91. The molecule has 1 aliphatic heterocycles. The maximum atomic E-state index is 10.9. The minimum atomic E-state index is -1.07. The zero-order valence-electron chi connectivity index (χ0n) is 11.3. The van der Waals surface area contributed by atoms with Crippen molar-refractivity contribution in [3.8, 4) is 0 Å². The normalized spacial score (nSPS) is 25.1. The number of likely N-dealkylation sites (tertiary alicyclic amines) is 1. The number of rotatable bonds is 6. The second kappa shape index (κ2) is 5.83. The number of hydrogen-bond acceptors (Lipinski definition) is 3. The Bertz CT molecular complexity index is 264. The molecule has 4 heteroatoms. The van der Waals surface area contributed by atoms with Crippen LogP contribution in [0.5, 0.6) is 0 Å². The van der Waals surface area contributed by atoms with E-state index in [2.05, 4.69) is 18.7 Å². The van der Waals surface area contributed by atoms with Gasteiger partial charge in [-0.25, -0.2) is 0 Å². The number of nitrogens with zero attached hydrogens (tertiary/aromatic N) is 1. The van der Waals surface area contributed by atoms with Gasteiger partial charge in [-0.1, -0.05) is 13.8 Å². The fourth-order valence-corrected chi connectivity index (χ4v) is 2.39. The van der Waals surface area contributed by atoms with Crippen LogP contribution in [0.1, 0.15) is 40.0 Å². The number of carboxylic acids is 1. The Morgan fingerprint density at radius 1 is 1.59 bits per heavy atom. The van der Waals surface area contributed by atoms with Gasteiger partial charge in [-0.15, -0.1) is 0 Å². The van der Waals surface area contributed by atoms with E-state index in [1.54, 1.807) is 6.92 Å². The first-order chi connectivity index (χ1) is 7.83. The van der Waals surface area contributed by atoms with Crippen LogP contribution in [-0.4, -0.2) is 41.1 Å². The highest BCUT2D eigenvalue weighted by molar-refractivity contribution is 5.77. The van der Waals surface area contributed by atoms with Gasteiger partial charge in [0.2, 0.25) is 0 Å². The number of nitrogens with two attached hydrogens (primary N) is 1. The predicted molar refractivity (Wildman–Crippen MR) is 68.8 cm³/mol. The standard InChI is InChI=1S/C13H26N2O2/c1-10(2)11-5-8-15(9-11)7-4-6-13(3,14)12(16)17/h10-11H,4-9,14H2,1-3H3,(H,16,17). The molecule has 1 aliphatic rings. The SMILES string of the molecule is CC(C)C1CCN(CCCC(C)(N)C(=O)O)C1. The second-order valence-corrected chi connectivity index (χ2v) is 5.92. The highest BCUT2D eigenvalue weighted by Gasteiger charge is 2.28. The molecule has 0 aromatic carbocycles. The highest BCUT2D eigenvalue weighted by Crippen LogP contribution is 2.24. The molecule has 0 bridgehead atoms. The molecule has 0 radical (unpaired) electrons. The van der Waals surface area contributed by atoms with E-state index in [4.69, 9.17) is 10.8 Å². The van der Waals surface area contributed by atoms with E-state index >= 15 is 0 Å². The van der Waals surface area contributed by atoms with E-state index in [9.17, 15) is 4.79 Å². The van der Waals surface area contributed by atoms with Gasteiger partial charge in [0, 0.05) is 6.54 Å². The van der Waals surface area contributed by atoms with Crippen molar-refractivity contribution in [2.75, 3.05) is 19.6 Å². The van der Waals surface area contributed by atoms with Crippen molar-refractivity contribution in [3.63, 3.8) is 0 Å². The smallest absolute Gasteiger partial charge is 0.323 e. The fraction of sp³-hybridized carbons (Fsp3) is 0.923. The zero-order valence-corrected chi connectivity index (χ0v) is 11.3. The molecule has 4 nitrogen and oxygen atoms in total. The highest BCUT2D eigenvalue weighted by atomic mass is 16.4. The lowest BCUT2D eigenvalue weighted by atomic mass is 9.95. The van der Waals surface area contributed by atoms with Gasteiger partial charge in [0.25, 0.3) is 0 Å². The lowest BCUT2D eigenvalue weighted by molar-refractivity contribution is -0.142. The van der Waals surface area contributed by atoms with Crippen molar-refractivity contribution >= 4 is 5.97 Å². The third kappa shape index (κ3) is 4.28. The summed E-state index contributed by atoms with van der Waals surface area (Å²) in [6, 6.07) is 0. The number of aliphatic carboxylic acids is 1. The van der Waals surface area contributed by atoms with Crippen LogP contribution in [0, 0.1) is 11.8 Å². The maximum Gasteiger partial charge on any atom is 0.323 e. The molecular weight excluding hydrogens is 216 g/mol. The lowest BCUT2D eigenvalue weighted by Gasteiger charge is -2.22. The van der Waals surface area contributed by atoms with Crippen LogP contribution in [0.3, 0.4) is 0 Å². The monoisotopic (exact) mass is 242 g/mol. The van der Waals surface area contributed by atoms with Gasteiger partial charge in [0.1, 0.15) is 5.54 Å². The summed E-state index contributed by atoms with van der Waals surface area (Å²) in [4.78, 5) is 13.3. The summed E-state index contributed by atoms with van der Waals surface area (Å²) in [7, 11) is 0. The summed E-state index contributed by atoms with van der Waals surface area (Å²) in [6.07, 6.45) is 2.69. The Kier molecular flexibility index (Phi) is 4.95. The summed E-state index contributed by atoms with van der Waals surface area (Å²) < 4.78 is 0. The largest absolute Gasteiger partial charge is 0.480 e.